The molecule has 11 heavy (non-hydrogen) atoms. The van der Waals surface area contributed by atoms with Gasteiger partial charge in [-0.05, 0) is 28.1 Å². The number of hydrogen-bond acceptors (Lipinski definition) is 1. The van der Waals surface area contributed by atoms with Crippen LogP contribution in [-0.4, -0.2) is 11.7 Å². The molecule has 1 atom stereocenters. The number of hydrogen-bond donors (Lipinski definition) is 0. The quantitative estimate of drug-likeness (QED) is 0.701. The molecule has 1 rings (SSSR count). The summed E-state index contributed by atoms with van der Waals surface area (Å²) in [6.07, 6.45) is -1.60. The molecule has 0 amide bonds. The molecule has 1 unspecified atom stereocenters. The summed E-state index contributed by atoms with van der Waals surface area (Å²) in [5, 5.41) is 0. The van der Waals surface area contributed by atoms with E-state index in [4.69, 9.17) is 0 Å². The van der Waals surface area contributed by atoms with Crippen LogP contribution >= 0.6 is 15.9 Å². The summed E-state index contributed by atoms with van der Waals surface area (Å²) in [7, 11) is 0. The van der Waals surface area contributed by atoms with Crippen LogP contribution in [0.4, 0.5) is 8.78 Å². The first-order valence-corrected chi connectivity index (χ1v) is 3.86. The normalized spacial score (nSPS) is 13.0. The molecule has 0 saturated heterocycles. The largest absolute Gasteiger partial charge is 0.247 e. The van der Waals surface area contributed by atoms with Gasteiger partial charge in [0.25, 0.3) is 0 Å². The second-order valence-corrected chi connectivity index (χ2v) is 2.82. The van der Waals surface area contributed by atoms with Gasteiger partial charge in [0.2, 0.25) is 0 Å². The van der Waals surface area contributed by atoms with E-state index in [2.05, 4.69) is 20.9 Å². The lowest BCUT2D eigenvalue weighted by Gasteiger charge is -2.01. The average molecular weight is 222 g/mol. The van der Waals surface area contributed by atoms with E-state index in [0.29, 0.717) is 4.60 Å². The van der Waals surface area contributed by atoms with E-state index in [-0.39, 0.29) is 5.69 Å². The number of pyridine rings is 1. The minimum absolute atomic E-state index is 0.127. The van der Waals surface area contributed by atoms with Crippen LogP contribution in [-0.2, 0) is 0 Å². The third kappa shape index (κ3) is 2.22. The first-order chi connectivity index (χ1) is 5.24. The highest BCUT2D eigenvalue weighted by Gasteiger charge is 2.09. The Balaban J connectivity index is 2.86. The third-order valence-corrected chi connectivity index (χ3v) is 1.63. The van der Waals surface area contributed by atoms with Gasteiger partial charge in [0.05, 0.1) is 5.69 Å². The predicted molar refractivity (Wildman–Crippen MR) is 41.8 cm³/mol. The zero-order valence-corrected chi connectivity index (χ0v) is 7.18. The zero-order valence-electron chi connectivity index (χ0n) is 5.60. The molecule has 4 heteroatoms. The highest BCUT2D eigenvalue weighted by Crippen LogP contribution is 2.17. The van der Waals surface area contributed by atoms with Gasteiger partial charge in [-0.1, -0.05) is 6.07 Å². The molecule has 0 fully saturated rings. The molecule has 0 N–H and O–H groups in total. The van der Waals surface area contributed by atoms with E-state index in [0.717, 1.165) is 0 Å². The molecule has 1 aromatic heterocycles. The summed E-state index contributed by atoms with van der Waals surface area (Å²) in [6.45, 7) is -1.02. The van der Waals surface area contributed by atoms with E-state index in [1.807, 2.05) is 0 Å². The maximum atomic E-state index is 12.6. The van der Waals surface area contributed by atoms with E-state index >= 15 is 0 Å². The van der Waals surface area contributed by atoms with Crippen molar-refractivity contribution in [1.82, 2.24) is 4.98 Å². The van der Waals surface area contributed by atoms with E-state index in [9.17, 15) is 8.78 Å². The van der Waals surface area contributed by atoms with Crippen LogP contribution in [0.5, 0.6) is 0 Å². The van der Waals surface area contributed by atoms with Crippen molar-refractivity contribution in [2.24, 2.45) is 0 Å². The lowest BCUT2D eigenvalue weighted by Crippen LogP contribution is -1.96. The van der Waals surface area contributed by atoms with Crippen molar-refractivity contribution in [3.8, 4) is 0 Å². The molecule has 0 bridgehead atoms. The summed E-state index contributed by atoms with van der Waals surface area (Å²) >= 11 is 3.06. The second-order valence-electron chi connectivity index (χ2n) is 2.01. The summed E-state index contributed by atoms with van der Waals surface area (Å²) in [5.41, 5.74) is 0.127. The molecule has 1 heterocycles. The molecule has 0 aliphatic rings. The molecule has 0 spiro atoms. The van der Waals surface area contributed by atoms with Gasteiger partial charge < -0.3 is 0 Å². The van der Waals surface area contributed by atoms with Gasteiger partial charge in [-0.3, -0.25) is 0 Å². The van der Waals surface area contributed by atoms with E-state index in [1.54, 1.807) is 12.1 Å². The van der Waals surface area contributed by atoms with Gasteiger partial charge >= 0.3 is 0 Å². The molecule has 0 saturated carbocycles. The first kappa shape index (κ1) is 8.59. The molecule has 0 radical (unpaired) electrons. The molecule has 1 nitrogen and oxygen atoms in total. The fourth-order valence-electron chi connectivity index (χ4n) is 0.677. The summed E-state index contributed by atoms with van der Waals surface area (Å²) < 4.78 is 24.9. The van der Waals surface area contributed by atoms with Crippen LogP contribution in [0.15, 0.2) is 22.8 Å². The Morgan fingerprint density at radius 1 is 1.55 bits per heavy atom. The SMILES string of the molecule is FCC(F)c1cccc(Br)n1. The lowest BCUT2D eigenvalue weighted by atomic mass is 10.3. The van der Waals surface area contributed by atoms with Crippen molar-refractivity contribution < 1.29 is 8.78 Å². The van der Waals surface area contributed by atoms with Gasteiger partial charge in [0.1, 0.15) is 11.3 Å². The van der Waals surface area contributed by atoms with Crippen LogP contribution in [0.1, 0.15) is 11.9 Å². The van der Waals surface area contributed by atoms with Gasteiger partial charge in [-0.2, -0.15) is 0 Å². The molecule has 0 aliphatic heterocycles. The lowest BCUT2D eigenvalue weighted by molar-refractivity contribution is 0.260. The van der Waals surface area contributed by atoms with E-state index < -0.39 is 12.8 Å². The average Bonchev–Trinajstić information content (AvgIpc) is 2.03. The van der Waals surface area contributed by atoms with Gasteiger partial charge in [0.15, 0.2) is 6.17 Å². The summed E-state index contributed by atoms with van der Waals surface area (Å²) in [6, 6.07) is 4.73. The predicted octanol–water partition coefficient (Wildman–Crippen LogP) is 2.82. The Kier molecular flexibility index (Phi) is 2.93. The van der Waals surface area contributed by atoms with Crippen molar-refractivity contribution in [2.75, 3.05) is 6.67 Å². The van der Waals surface area contributed by atoms with Crippen molar-refractivity contribution in [3.63, 3.8) is 0 Å². The highest BCUT2D eigenvalue weighted by molar-refractivity contribution is 9.10. The minimum Gasteiger partial charge on any atom is -0.247 e. The fourth-order valence-corrected chi connectivity index (χ4v) is 1.03. The Labute approximate surface area is 71.6 Å². The molecular formula is C7H6BrF2N. The van der Waals surface area contributed by atoms with Crippen molar-refractivity contribution in [1.29, 1.82) is 0 Å². The van der Waals surface area contributed by atoms with Gasteiger partial charge in [-0.15, -0.1) is 0 Å². The summed E-state index contributed by atoms with van der Waals surface area (Å²) in [4.78, 5) is 3.75. The van der Waals surface area contributed by atoms with Crippen LogP contribution in [0.3, 0.4) is 0 Å². The Morgan fingerprint density at radius 3 is 2.82 bits per heavy atom. The number of alkyl halides is 2. The number of aromatic nitrogens is 1. The molecule has 1 aromatic rings. The number of halogens is 3. The number of rotatable bonds is 2. The second kappa shape index (κ2) is 3.76. The van der Waals surface area contributed by atoms with Crippen molar-refractivity contribution in [3.05, 3.63) is 28.5 Å². The molecular weight excluding hydrogens is 216 g/mol. The Hall–Kier alpha value is -0.510. The smallest absolute Gasteiger partial charge is 0.170 e. The first-order valence-electron chi connectivity index (χ1n) is 3.06. The van der Waals surface area contributed by atoms with Crippen LogP contribution in [0.25, 0.3) is 0 Å². The standard InChI is InChI=1S/C7H6BrF2N/c8-7-3-1-2-6(11-7)5(10)4-9/h1-3,5H,4H2. The highest BCUT2D eigenvalue weighted by atomic mass is 79.9. The van der Waals surface area contributed by atoms with Crippen molar-refractivity contribution in [2.45, 2.75) is 6.17 Å². The van der Waals surface area contributed by atoms with Crippen LogP contribution in [0, 0.1) is 0 Å². The number of nitrogens with zero attached hydrogens (tertiary/aromatic N) is 1. The van der Waals surface area contributed by atoms with Crippen LogP contribution < -0.4 is 0 Å². The Morgan fingerprint density at radius 2 is 2.27 bits per heavy atom. The van der Waals surface area contributed by atoms with Gasteiger partial charge in [0, 0.05) is 0 Å². The fraction of sp³-hybridized carbons (Fsp3) is 0.286. The van der Waals surface area contributed by atoms with E-state index in [1.165, 1.54) is 6.07 Å². The molecule has 60 valence electrons. The maximum absolute atomic E-state index is 12.6. The Bertz CT molecular complexity index is 242. The topological polar surface area (TPSA) is 12.9 Å². The maximum Gasteiger partial charge on any atom is 0.170 e. The van der Waals surface area contributed by atoms with Gasteiger partial charge in [-0.25, -0.2) is 13.8 Å². The monoisotopic (exact) mass is 221 g/mol. The minimum atomic E-state index is -1.60. The zero-order chi connectivity index (χ0) is 8.27. The summed E-state index contributed by atoms with van der Waals surface area (Å²) in [5.74, 6) is 0. The molecule has 0 aromatic carbocycles. The molecule has 0 aliphatic carbocycles. The van der Waals surface area contributed by atoms with Crippen molar-refractivity contribution >= 4 is 15.9 Å². The third-order valence-electron chi connectivity index (χ3n) is 1.19. The van der Waals surface area contributed by atoms with Crippen LogP contribution in [0.2, 0.25) is 0 Å².